The van der Waals surface area contributed by atoms with E-state index in [9.17, 15) is 0 Å². The first-order chi connectivity index (χ1) is 6.92. The third-order valence-corrected chi connectivity index (χ3v) is 2.46. The highest BCUT2D eigenvalue weighted by molar-refractivity contribution is 5.96. The molecule has 1 heterocycles. The Morgan fingerprint density at radius 3 is 2.20 bits per heavy atom. The largest absolute Gasteiger partial charge is 0.483 e. The Kier molecular flexibility index (Phi) is 3.37. The fourth-order valence-corrected chi connectivity index (χ4v) is 1.63. The molecule has 0 fully saturated rings. The van der Waals surface area contributed by atoms with Crippen molar-refractivity contribution in [2.45, 2.75) is 39.3 Å². The molecule has 15 heavy (non-hydrogen) atoms. The number of methoxy groups -OCH3 is 2. The normalized spacial score (nSPS) is 24.6. The molecule has 0 aromatic carbocycles. The van der Waals surface area contributed by atoms with Crippen molar-refractivity contribution >= 4 is 11.8 Å². The quantitative estimate of drug-likeness (QED) is 0.666. The summed E-state index contributed by atoms with van der Waals surface area (Å²) in [6.07, 6.45) is 0. The Balaban J connectivity index is 3.06. The van der Waals surface area contributed by atoms with E-state index in [0.717, 1.165) is 0 Å². The van der Waals surface area contributed by atoms with Crippen LogP contribution in [0.2, 0.25) is 0 Å². The Morgan fingerprint density at radius 2 is 1.80 bits per heavy atom. The lowest BCUT2D eigenvalue weighted by Gasteiger charge is -2.31. The molecule has 0 saturated carbocycles. The minimum atomic E-state index is -0.425. The van der Waals surface area contributed by atoms with Gasteiger partial charge in [-0.25, -0.2) is 9.98 Å². The molecule has 4 nitrogen and oxygen atoms in total. The summed E-state index contributed by atoms with van der Waals surface area (Å²) in [5.41, 5.74) is -0.425. The van der Waals surface area contributed by atoms with Crippen molar-refractivity contribution in [2.24, 2.45) is 15.9 Å². The van der Waals surface area contributed by atoms with Crippen molar-refractivity contribution in [2.75, 3.05) is 14.2 Å². The van der Waals surface area contributed by atoms with Gasteiger partial charge in [-0.2, -0.15) is 0 Å². The van der Waals surface area contributed by atoms with E-state index in [4.69, 9.17) is 9.47 Å². The van der Waals surface area contributed by atoms with Gasteiger partial charge in [0, 0.05) is 0 Å². The van der Waals surface area contributed by atoms with Gasteiger partial charge in [-0.15, -0.1) is 0 Å². The van der Waals surface area contributed by atoms with E-state index in [2.05, 4.69) is 23.8 Å². The molecule has 1 aliphatic heterocycles. The van der Waals surface area contributed by atoms with Gasteiger partial charge in [-0.05, 0) is 19.8 Å². The molecule has 1 atom stereocenters. The van der Waals surface area contributed by atoms with Gasteiger partial charge in [0.15, 0.2) is 0 Å². The molecule has 1 unspecified atom stereocenters. The summed E-state index contributed by atoms with van der Waals surface area (Å²) >= 11 is 0. The first-order valence-corrected chi connectivity index (χ1v) is 5.18. The first-order valence-electron chi connectivity index (χ1n) is 5.18. The van der Waals surface area contributed by atoms with Crippen molar-refractivity contribution < 1.29 is 9.47 Å². The maximum Gasteiger partial charge on any atom is 0.212 e. The fraction of sp³-hybridized carbons (Fsp3) is 0.818. The minimum Gasteiger partial charge on any atom is -0.483 e. The van der Waals surface area contributed by atoms with Gasteiger partial charge in [0.2, 0.25) is 11.8 Å². The predicted octanol–water partition coefficient (Wildman–Crippen LogP) is 1.89. The van der Waals surface area contributed by atoms with Crippen LogP contribution in [0.25, 0.3) is 0 Å². The van der Waals surface area contributed by atoms with Crippen LogP contribution < -0.4 is 0 Å². The highest BCUT2D eigenvalue weighted by Gasteiger charge is 2.35. The highest BCUT2D eigenvalue weighted by Crippen LogP contribution is 2.23. The van der Waals surface area contributed by atoms with Crippen LogP contribution in [0, 0.1) is 5.92 Å². The van der Waals surface area contributed by atoms with Crippen molar-refractivity contribution in [1.29, 1.82) is 0 Å². The highest BCUT2D eigenvalue weighted by atomic mass is 16.5. The Hall–Kier alpha value is -1.06. The number of nitrogens with zero attached hydrogens (tertiary/aromatic N) is 2. The summed E-state index contributed by atoms with van der Waals surface area (Å²) in [7, 11) is 3.27. The van der Waals surface area contributed by atoms with Gasteiger partial charge in [0.25, 0.3) is 0 Å². The second-order valence-electron chi connectivity index (χ2n) is 4.54. The summed E-state index contributed by atoms with van der Waals surface area (Å²) in [6.45, 7) is 8.11. The third kappa shape index (κ3) is 2.30. The number of rotatable bonds is 1. The molecule has 86 valence electrons. The zero-order valence-corrected chi connectivity index (χ0v) is 10.4. The van der Waals surface area contributed by atoms with E-state index in [1.807, 2.05) is 13.8 Å². The van der Waals surface area contributed by atoms with Crippen molar-refractivity contribution in [3.05, 3.63) is 0 Å². The van der Waals surface area contributed by atoms with Crippen LogP contribution in [-0.2, 0) is 9.47 Å². The van der Waals surface area contributed by atoms with E-state index in [-0.39, 0.29) is 6.04 Å². The zero-order valence-electron chi connectivity index (χ0n) is 10.4. The molecule has 0 aliphatic carbocycles. The molecule has 0 bridgehead atoms. The lowest BCUT2D eigenvalue weighted by molar-refractivity contribution is 0.316. The van der Waals surface area contributed by atoms with Crippen LogP contribution in [0.1, 0.15) is 27.7 Å². The molecule has 1 aliphatic rings. The SMILES string of the molecule is COC1=NC(C)(C)C(OC)=NC1C(C)C. The van der Waals surface area contributed by atoms with Crippen LogP contribution in [0.4, 0.5) is 0 Å². The summed E-state index contributed by atoms with van der Waals surface area (Å²) in [5.74, 6) is 1.71. The van der Waals surface area contributed by atoms with Crippen LogP contribution in [-0.4, -0.2) is 37.6 Å². The Morgan fingerprint density at radius 1 is 1.20 bits per heavy atom. The summed E-state index contributed by atoms with van der Waals surface area (Å²) in [4.78, 5) is 9.07. The molecule has 0 radical (unpaired) electrons. The van der Waals surface area contributed by atoms with E-state index in [1.54, 1.807) is 14.2 Å². The van der Waals surface area contributed by atoms with E-state index in [0.29, 0.717) is 17.7 Å². The second-order valence-corrected chi connectivity index (χ2v) is 4.54. The standard InChI is InChI=1S/C11H20N2O2/c1-7(2)8-9(14-5)13-11(3,4)10(12-8)15-6/h7-8H,1-6H3. The van der Waals surface area contributed by atoms with Gasteiger partial charge in [0.1, 0.15) is 11.6 Å². The number of ether oxygens (including phenoxy) is 2. The average Bonchev–Trinajstić information content (AvgIpc) is 2.15. The summed E-state index contributed by atoms with van der Waals surface area (Å²) < 4.78 is 10.5. The number of hydrogen-bond acceptors (Lipinski definition) is 4. The number of aliphatic imine (C=N–C) groups is 2. The van der Waals surface area contributed by atoms with Crippen molar-refractivity contribution in [3.63, 3.8) is 0 Å². The lowest BCUT2D eigenvalue weighted by atomic mass is 9.99. The third-order valence-electron chi connectivity index (χ3n) is 2.46. The maximum atomic E-state index is 5.28. The van der Waals surface area contributed by atoms with E-state index in [1.165, 1.54) is 0 Å². The van der Waals surface area contributed by atoms with Gasteiger partial charge in [0.05, 0.1) is 14.2 Å². The second kappa shape index (κ2) is 4.21. The Labute approximate surface area is 91.4 Å². The summed E-state index contributed by atoms with van der Waals surface area (Å²) in [6, 6.07) is -0.0297. The molecule has 0 aromatic heterocycles. The van der Waals surface area contributed by atoms with Crippen LogP contribution in [0.15, 0.2) is 9.98 Å². The van der Waals surface area contributed by atoms with Gasteiger partial charge in [-0.1, -0.05) is 13.8 Å². The summed E-state index contributed by atoms with van der Waals surface area (Å²) in [5, 5.41) is 0. The van der Waals surface area contributed by atoms with Gasteiger partial charge >= 0.3 is 0 Å². The van der Waals surface area contributed by atoms with Crippen molar-refractivity contribution in [1.82, 2.24) is 0 Å². The maximum absolute atomic E-state index is 5.28. The monoisotopic (exact) mass is 212 g/mol. The molecular weight excluding hydrogens is 192 g/mol. The lowest BCUT2D eigenvalue weighted by Crippen LogP contribution is -2.42. The first kappa shape index (κ1) is 12.0. The predicted molar refractivity (Wildman–Crippen MR) is 61.6 cm³/mol. The van der Waals surface area contributed by atoms with Crippen LogP contribution in [0.3, 0.4) is 0 Å². The average molecular weight is 212 g/mol. The van der Waals surface area contributed by atoms with Gasteiger partial charge in [-0.3, -0.25) is 0 Å². The minimum absolute atomic E-state index is 0.0297. The van der Waals surface area contributed by atoms with Crippen LogP contribution >= 0.6 is 0 Å². The van der Waals surface area contributed by atoms with Gasteiger partial charge < -0.3 is 9.47 Å². The van der Waals surface area contributed by atoms with E-state index >= 15 is 0 Å². The molecule has 0 saturated heterocycles. The van der Waals surface area contributed by atoms with E-state index < -0.39 is 5.54 Å². The smallest absolute Gasteiger partial charge is 0.212 e. The molecule has 0 amide bonds. The Bertz CT molecular complexity index is 293. The molecular formula is C11H20N2O2. The van der Waals surface area contributed by atoms with Crippen molar-refractivity contribution in [3.8, 4) is 0 Å². The number of hydrogen-bond donors (Lipinski definition) is 0. The zero-order chi connectivity index (χ0) is 11.6. The fourth-order valence-electron chi connectivity index (χ4n) is 1.63. The molecule has 1 rings (SSSR count). The topological polar surface area (TPSA) is 43.2 Å². The van der Waals surface area contributed by atoms with Crippen LogP contribution in [0.5, 0.6) is 0 Å². The molecule has 4 heteroatoms. The molecule has 0 N–H and O–H groups in total. The molecule has 0 aromatic rings. The molecule has 0 spiro atoms.